The summed E-state index contributed by atoms with van der Waals surface area (Å²) in [4.78, 5) is 2.64. The number of nitrogens with zero attached hydrogens (tertiary/aromatic N) is 1. The highest BCUT2D eigenvalue weighted by Gasteiger charge is 2.22. The first-order valence-corrected chi connectivity index (χ1v) is 7.93. The minimum Gasteiger partial charge on any atom is -0.315 e. The Hall–Kier alpha value is -0.0800. The van der Waals surface area contributed by atoms with E-state index in [0.29, 0.717) is 5.41 Å². The first kappa shape index (κ1) is 16.0. The first-order valence-electron chi connectivity index (χ1n) is 7.93. The first-order chi connectivity index (χ1) is 8.49. The number of hydrogen-bond acceptors (Lipinski definition) is 2. The molecule has 0 saturated carbocycles. The fraction of sp³-hybridized carbons (Fsp3) is 1.00. The van der Waals surface area contributed by atoms with Crippen LogP contribution in [0.1, 0.15) is 59.8 Å². The molecule has 0 aromatic heterocycles. The molecule has 1 rings (SSSR count). The zero-order valence-electron chi connectivity index (χ0n) is 13.1. The van der Waals surface area contributed by atoms with Gasteiger partial charge in [-0.2, -0.15) is 0 Å². The molecule has 0 bridgehead atoms. The third kappa shape index (κ3) is 7.38. The number of rotatable bonds is 7. The Morgan fingerprint density at radius 3 is 2.61 bits per heavy atom. The van der Waals surface area contributed by atoms with E-state index in [1.54, 1.807) is 0 Å². The van der Waals surface area contributed by atoms with Gasteiger partial charge >= 0.3 is 0 Å². The molecular formula is C16H34N2. The van der Waals surface area contributed by atoms with Crippen LogP contribution in [0.15, 0.2) is 0 Å². The summed E-state index contributed by atoms with van der Waals surface area (Å²) in [6.07, 6.45) is 6.81. The molecule has 1 aliphatic heterocycles. The Bertz CT molecular complexity index is 211. The SMILES string of the molecule is CC(C)CCCNCCN1CCCC(C)(C)CC1. The van der Waals surface area contributed by atoms with Crippen molar-refractivity contribution in [2.24, 2.45) is 11.3 Å². The molecule has 18 heavy (non-hydrogen) atoms. The van der Waals surface area contributed by atoms with Gasteiger partial charge in [-0.3, -0.25) is 0 Å². The molecule has 1 N–H and O–H groups in total. The second-order valence-corrected chi connectivity index (χ2v) is 7.15. The molecule has 0 amide bonds. The highest BCUT2D eigenvalue weighted by atomic mass is 15.1. The van der Waals surface area contributed by atoms with E-state index in [1.807, 2.05) is 0 Å². The summed E-state index contributed by atoms with van der Waals surface area (Å²) in [5, 5.41) is 3.59. The summed E-state index contributed by atoms with van der Waals surface area (Å²) in [5.41, 5.74) is 0.569. The van der Waals surface area contributed by atoms with Crippen LogP contribution in [0.3, 0.4) is 0 Å². The zero-order chi connectivity index (χ0) is 13.4. The molecule has 0 radical (unpaired) electrons. The molecule has 0 atom stereocenters. The molecule has 2 nitrogen and oxygen atoms in total. The number of nitrogens with one attached hydrogen (secondary N) is 1. The van der Waals surface area contributed by atoms with Crippen LogP contribution in [0.2, 0.25) is 0 Å². The minimum atomic E-state index is 0.569. The normalized spacial score (nSPS) is 21.2. The van der Waals surface area contributed by atoms with Crippen LogP contribution in [0, 0.1) is 11.3 Å². The molecule has 108 valence electrons. The Kier molecular flexibility index (Phi) is 7.25. The molecule has 0 unspecified atom stereocenters. The fourth-order valence-electron chi connectivity index (χ4n) is 2.70. The lowest BCUT2D eigenvalue weighted by Crippen LogP contribution is -2.33. The van der Waals surface area contributed by atoms with Gasteiger partial charge in [0.15, 0.2) is 0 Å². The van der Waals surface area contributed by atoms with Gasteiger partial charge in [-0.05, 0) is 63.1 Å². The molecule has 0 aromatic carbocycles. The summed E-state index contributed by atoms with van der Waals surface area (Å²) >= 11 is 0. The lowest BCUT2D eigenvalue weighted by molar-refractivity contribution is 0.262. The van der Waals surface area contributed by atoms with Crippen LogP contribution in [0.4, 0.5) is 0 Å². The maximum Gasteiger partial charge on any atom is 0.0107 e. The summed E-state index contributed by atoms with van der Waals surface area (Å²) in [5.74, 6) is 0.847. The van der Waals surface area contributed by atoms with Crippen LogP contribution < -0.4 is 5.32 Å². The third-order valence-corrected chi connectivity index (χ3v) is 4.17. The summed E-state index contributed by atoms with van der Waals surface area (Å²) in [6.45, 7) is 15.6. The van der Waals surface area contributed by atoms with Crippen molar-refractivity contribution in [3.63, 3.8) is 0 Å². The van der Waals surface area contributed by atoms with E-state index >= 15 is 0 Å². The van der Waals surface area contributed by atoms with Crippen LogP contribution in [-0.4, -0.2) is 37.6 Å². The van der Waals surface area contributed by atoms with Crippen LogP contribution >= 0.6 is 0 Å². The number of likely N-dealkylation sites (tertiary alicyclic amines) is 1. The van der Waals surface area contributed by atoms with Crippen LogP contribution in [0.5, 0.6) is 0 Å². The van der Waals surface area contributed by atoms with Gasteiger partial charge in [-0.25, -0.2) is 0 Å². The molecule has 1 fully saturated rings. The van der Waals surface area contributed by atoms with Gasteiger partial charge in [0, 0.05) is 13.1 Å². The molecule has 2 heteroatoms. The van der Waals surface area contributed by atoms with E-state index in [2.05, 4.69) is 37.9 Å². The van der Waals surface area contributed by atoms with Gasteiger partial charge in [-0.15, -0.1) is 0 Å². The minimum absolute atomic E-state index is 0.569. The van der Waals surface area contributed by atoms with E-state index in [-0.39, 0.29) is 0 Å². The number of hydrogen-bond donors (Lipinski definition) is 1. The largest absolute Gasteiger partial charge is 0.315 e. The van der Waals surface area contributed by atoms with Crippen LogP contribution in [-0.2, 0) is 0 Å². The molecule has 1 saturated heterocycles. The topological polar surface area (TPSA) is 15.3 Å². The Morgan fingerprint density at radius 2 is 1.89 bits per heavy atom. The lowest BCUT2D eigenvalue weighted by Gasteiger charge is -2.23. The third-order valence-electron chi connectivity index (χ3n) is 4.17. The maximum absolute atomic E-state index is 3.59. The molecule has 0 aromatic rings. The summed E-state index contributed by atoms with van der Waals surface area (Å²) in [7, 11) is 0. The van der Waals surface area contributed by atoms with E-state index in [1.165, 1.54) is 64.8 Å². The van der Waals surface area contributed by atoms with Crippen molar-refractivity contribution in [2.45, 2.75) is 59.8 Å². The second-order valence-electron chi connectivity index (χ2n) is 7.15. The van der Waals surface area contributed by atoms with Gasteiger partial charge in [0.05, 0.1) is 0 Å². The van der Waals surface area contributed by atoms with Crippen molar-refractivity contribution >= 4 is 0 Å². The van der Waals surface area contributed by atoms with Crippen molar-refractivity contribution in [3.8, 4) is 0 Å². The van der Waals surface area contributed by atoms with Gasteiger partial charge < -0.3 is 10.2 Å². The molecule has 1 aliphatic rings. The van der Waals surface area contributed by atoms with E-state index in [9.17, 15) is 0 Å². The Labute approximate surface area is 115 Å². The lowest BCUT2D eigenvalue weighted by atomic mass is 9.85. The van der Waals surface area contributed by atoms with Crippen molar-refractivity contribution in [3.05, 3.63) is 0 Å². The summed E-state index contributed by atoms with van der Waals surface area (Å²) in [6, 6.07) is 0. The molecular weight excluding hydrogens is 220 g/mol. The van der Waals surface area contributed by atoms with E-state index in [0.717, 1.165) is 5.92 Å². The Balaban J connectivity index is 2.02. The van der Waals surface area contributed by atoms with Crippen molar-refractivity contribution in [1.29, 1.82) is 0 Å². The second kappa shape index (κ2) is 8.16. The highest BCUT2D eigenvalue weighted by Crippen LogP contribution is 2.29. The van der Waals surface area contributed by atoms with Gasteiger partial charge in [-0.1, -0.05) is 27.7 Å². The van der Waals surface area contributed by atoms with Crippen molar-refractivity contribution in [1.82, 2.24) is 10.2 Å². The summed E-state index contributed by atoms with van der Waals surface area (Å²) < 4.78 is 0. The average molecular weight is 254 g/mol. The highest BCUT2D eigenvalue weighted by molar-refractivity contribution is 4.76. The molecule has 1 heterocycles. The standard InChI is InChI=1S/C16H34N2/c1-15(2)7-5-10-17-11-14-18-12-6-8-16(3,4)9-13-18/h15,17H,5-14H2,1-4H3. The predicted molar refractivity (Wildman–Crippen MR) is 81.0 cm³/mol. The molecule has 0 spiro atoms. The van der Waals surface area contributed by atoms with Gasteiger partial charge in [0.1, 0.15) is 0 Å². The fourth-order valence-corrected chi connectivity index (χ4v) is 2.70. The maximum atomic E-state index is 3.59. The Morgan fingerprint density at radius 1 is 1.11 bits per heavy atom. The quantitative estimate of drug-likeness (QED) is 0.699. The smallest absolute Gasteiger partial charge is 0.0107 e. The average Bonchev–Trinajstić information content (AvgIpc) is 2.45. The van der Waals surface area contributed by atoms with Gasteiger partial charge in [0.25, 0.3) is 0 Å². The van der Waals surface area contributed by atoms with E-state index in [4.69, 9.17) is 0 Å². The zero-order valence-corrected chi connectivity index (χ0v) is 13.1. The van der Waals surface area contributed by atoms with Crippen LogP contribution in [0.25, 0.3) is 0 Å². The molecule has 0 aliphatic carbocycles. The predicted octanol–water partition coefficient (Wildman–Crippen LogP) is 3.52. The van der Waals surface area contributed by atoms with Crippen molar-refractivity contribution < 1.29 is 0 Å². The van der Waals surface area contributed by atoms with Gasteiger partial charge in [0.2, 0.25) is 0 Å². The van der Waals surface area contributed by atoms with Crippen molar-refractivity contribution in [2.75, 3.05) is 32.7 Å². The van der Waals surface area contributed by atoms with E-state index < -0.39 is 0 Å². The monoisotopic (exact) mass is 254 g/mol.